The maximum atomic E-state index is 12.6. The second kappa shape index (κ2) is 7.44. The zero-order chi connectivity index (χ0) is 16.2. The molecule has 0 aliphatic carbocycles. The molecule has 0 aromatic heterocycles. The average molecular weight is 326 g/mol. The summed E-state index contributed by atoms with van der Waals surface area (Å²) in [5, 5.41) is 0. The molecule has 1 aromatic rings. The monoisotopic (exact) mass is 326 g/mol. The van der Waals surface area contributed by atoms with E-state index in [-0.39, 0.29) is 4.90 Å². The lowest BCUT2D eigenvalue weighted by Gasteiger charge is -2.16. The van der Waals surface area contributed by atoms with E-state index in [0.29, 0.717) is 24.8 Å². The summed E-state index contributed by atoms with van der Waals surface area (Å²) in [6.07, 6.45) is 1.04. The number of nitrogens with one attached hydrogen (secondary N) is 1. The Morgan fingerprint density at radius 2 is 2.14 bits per heavy atom. The number of aryl methyl sites for hydroxylation is 1. The molecular weight excluding hydrogens is 300 g/mol. The highest BCUT2D eigenvalue weighted by Gasteiger charge is 2.25. The Hall–Kier alpha value is -1.11. The van der Waals surface area contributed by atoms with Crippen LogP contribution in [0.25, 0.3) is 0 Å². The van der Waals surface area contributed by atoms with Crippen LogP contribution in [0, 0.1) is 12.8 Å². The van der Waals surface area contributed by atoms with Crippen molar-refractivity contribution in [2.75, 3.05) is 32.8 Å². The lowest BCUT2D eigenvalue weighted by molar-refractivity contribution is 0.330. The maximum absolute atomic E-state index is 12.6. The van der Waals surface area contributed by atoms with Gasteiger partial charge in [-0.2, -0.15) is 0 Å². The second-order valence-corrected chi connectivity index (χ2v) is 7.52. The van der Waals surface area contributed by atoms with Gasteiger partial charge in [0.1, 0.15) is 10.6 Å². The molecule has 0 radical (unpaired) electrons. The fourth-order valence-corrected chi connectivity index (χ4v) is 4.12. The first-order valence-corrected chi connectivity index (χ1v) is 9.40. The summed E-state index contributed by atoms with van der Waals surface area (Å²) in [6, 6.07) is 5.25. The van der Waals surface area contributed by atoms with E-state index >= 15 is 0 Å². The molecule has 6 heteroatoms. The normalized spacial score (nSPS) is 19.5. The van der Waals surface area contributed by atoms with Crippen molar-refractivity contribution < 1.29 is 13.2 Å². The topological polar surface area (TPSA) is 58.6 Å². The SMILES string of the molecule is CCOc1ccc(C)cc1S(=O)(=O)NC[C@@H]1CCN(CC)C1. The van der Waals surface area contributed by atoms with Crippen molar-refractivity contribution >= 4 is 10.0 Å². The summed E-state index contributed by atoms with van der Waals surface area (Å²) >= 11 is 0. The van der Waals surface area contributed by atoms with Crippen molar-refractivity contribution in [2.45, 2.75) is 32.1 Å². The number of benzene rings is 1. The lowest BCUT2D eigenvalue weighted by Crippen LogP contribution is -2.31. The van der Waals surface area contributed by atoms with E-state index in [0.717, 1.165) is 31.6 Å². The van der Waals surface area contributed by atoms with Gasteiger partial charge in [0.05, 0.1) is 6.61 Å². The van der Waals surface area contributed by atoms with Gasteiger partial charge >= 0.3 is 0 Å². The van der Waals surface area contributed by atoms with Crippen molar-refractivity contribution in [3.63, 3.8) is 0 Å². The van der Waals surface area contributed by atoms with E-state index in [9.17, 15) is 8.42 Å². The Balaban J connectivity index is 2.08. The summed E-state index contributed by atoms with van der Waals surface area (Å²) in [7, 11) is -3.54. The van der Waals surface area contributed by atoms with E-state index in [2.05, 4.69) is 16.5 Å². The number of sulfonamides is 1. The largest absolute Gasteiger partial charge is 0.492 e. The first-order valence-electron chi connectivity index (χ1n) is 7.91. The highest BCUT2D eigenvalue weighted by atomic mass is 32.2. The van der Waals surface area contributed by atoms with Crippen LogP contribution in [0.5, 0.6) is 5.75 Å². The molecule has 1 N–H and O–H groups in total. The minimum absolute atomic E-state index is 0.236. The van der Waals surface area contributed by atoms with Crippen LogP contribution in [0.2, 0.25) is 0 Å². The minimum atomic E-state index is -3.54. The molecule has 0 saturated carbocycles. The highest BCUT2D eigenvalue weighted by Crippen LogP contribution is 2.25. The molecule has 2 rings (SSSR count). The van der Waals surface area contributed by atoms with Gasteiger partial charge in [-0.3, -0.25) is 0 Å². The molecule has 1 aromatic carbocycles. The van der Waals surface area contributed by atoms with Gasteiger partial charge in [-0.05, 0) is 57.0 Å². The van der Waals surface area contributed by atoms with Gasteiger partial charge in [0.15, 0.2) is 0 Å². The van der Waals surface area contributed by atoms with Crippen LogP contribution in [0.1, 0.15) is 25.8 Å². The van der Waals surface area contributed by atoms with E-state index in [1.54, 1.807) is 12.1 Å². The van der Waals surface area contributed by atoms with Gasteiger partial charge in [-0.1, -0.05) is 13.0 Å². The number of ether oxygens (including phenoxy) is 1. The zero-order valence-electron chi connectivity index (χ0n) is 13.6. The van der Waals surface area contributed by atoms with Crippen molar-refractivity contribution in [1.29, 1.82) is 0 Å². The standard InChI is InChI=1S/C16H26N2O3S/c1-4-18-9-8-14(12-18)11-17-22(19,20)16-10-13(3)6-7-15(16)21-5-2/h6-7,10,14,17H,4-5,8-9,11-12H2,1-3H3/t14-/m0/s1. The van der Waals surface area contributed by atoms with Crippen molar-refractivity contribution in [1.82, 2.24) is 9.62 Å². The minimum Gasteiger partial charge on any atom is -0.492 e. The Morgan fingerprint density at radius 3 is 2.77 bits per heavy atom. The summed E-state index contributed by atoms with van der Waals surface area (Å²) in [5.41, 5.74) is 0.904. The van der Waals surface area contributed by atoms with E-state index in [1.807, 2.05) is 19.9 Å². The summed E-state index contributed by atoms with van der Waals surface area (Å²) in [5.74, 6) is 0.803. The van der Waals surface area contributed by atoms with Crippen LogP contribution in [0.3, 0.4) is 0 Å². The van der Waals surface area contributed by atoms with Crippen LogP contribution in [0.15, 0.2) is 23.1 Å². The number of hydrogen-bond donors (Lipinski definition) is 1. The van der Waals surface area contributed by atoms with Crippen LogP contribution in [-0.2, 0) is 10.0 Å². The third-order valence-electron chi connectivity index (χ3n) is 4.07. The van der Waals surface area contributed by atoms with E-state index in [4.69, 9.17) is 4.74 Å². The first-order chi connectivity index (χ1) is 10.5. The number of hydrogen-bond acceptors (Lipinski definition) is 4. The zero-order valence-corrected chi connectivity index (χ0v) is 14.4. The van der Waals surface area contributed by atoms with Crippen molar-refractivity contribution in [3.05, 3.63) is 23.8 Å². The van der Waals surface area contributed by atoms with E-state index < -0.39 is 10.0 Å². The Morgan fingerprint density at radius 1 is 1.36 bits per heavy atom. The van der Waals surface area contributed by atoms with Crippen molar-refractivity contribution in [3.8, 4) is 5.75 Å². The molecule has 124 valence electrons. The van der Waals surface area contributed by atoms with Gasteiger partial charge < -0.3 is 9.64 Å². The molecule has 1 aliphatic heterocycles. The Kier molecular flexibility index (Phi) is 5.83. The molecule has 5 nitrogen and oxygen atoms in total. The molecule has 1 fully saturated rings. The summed E-state index contributed by atoms with van der Waals surface area (Å²) in [6.45, 7) is 9.83. The van der Waals surface area contributed by atoms with Crippen molar-refractivity contribution in [2.24, 2.45) is 5.92 Å². The van der Waals surface area contributed by atoms with E-state index in [1.165, 1.54) is 0 Å². The van der Waals surface area contributed by atoms with Gasteiger partial charge in [-0.15, -0.1) is 0 Å². The maximum Gasteiger partial charge on any atom is 0.244 e. The summed E-state index contributed by atoms with van der Waals surface area (Å²) < 4.78 is 33.4. The van der Waals surface area contributed by atoms with Crippen LogP contribution in [-0.4, -0.2) is 46.1 Å². The molecule has 1 heterocycles. The predicted octanol–water partition coefficient (Wildman–Crippen LogP) is 2.01. The summed E-state index contributed by atoms with van der Waals surface area (Å²) in [4.78, 5) is 2.58. The third-order valence-corrected chi connectivity index (χ3v) is 5.51. The Bertz CT molecular complexity index is 601. The van der Waals surface area contributed by atoms with Crippen LogP contribution >= 0.6 is 0 Å². The van der Waals surface area contributed by atoms with Gasteiger partial charge in [0, 0.05) is 13.1 Å². The molecule has 1 saturated heterocycles. The molecule has 1 atom stereocenters. The molecule has 0 amide bonds. The number of rotatable bonds is 7. The smallest absolute Gasteiger partial charge is 0.244 e. The Labute approximate surface area is 133 Å². The second-order valence-electron chi connectivity index (χ2n) is 5.78. The van der Waals surface area contributed by atoms with Crippen LogP contribution in [0.4, 0.5) is 0 Å². The van der Waals surface area contributed by atoms with Gasteiger partial charge in [0.25, 0.3) is 0 Å². The number of nitrogens with zero attached hydrogens (tertiary/aromatic N) is 1. The molecule has 22 heavy (non-hydrogen) atoms. The first kappa shape index (κ1) is 17.2. The lowest BCUT2D eigenvalue weighted by atomic mass is 10.1. The molecule has 0 bridgehead atoms. The number of likely N-dealkylation sites (tertiary alicyclic amines) is 1. The molecule has 1 aliphatic rings. The van der Waals surface area contributed by atoms with Crippen LogP contribution < -0.4 is 9.46 Å². The van der Waals surface area contributed by atoms with Gasteiger partial charge in [0.2, 0.25) is 10.0 Å². The fourth-order valence-electron chi connectivity index (χ4n) is 2.77. The molecule has 0 unspecified atom stereocenters. The predicted molar refractivity (Wildman–Crippen MR) is 87.8 cm³/mol. The average Bonchev–Trinajstić information content (AvgIpc) is 2.95. The van der Waals surface area contributed by atoms with Gasteiger partial charge in [-0.25, -0.2) is 13.1 Å². The highest BCUT2D eigenvalue weighted by molar-refractivity contribution is 7.89. The third kappa shape index (κ3) is 4.21. The molecule has 0 spiro atoms. The quantitative estimate of drug-likeness (QED) is 0.833. The fraction of sp³-hybridized carbons (Fsp3) is 0.625. The molecular formula is C16H26N2O3S.